The van der Waals surface area contributed by atoms with Crippen molar-refractivity contribution in [2.75, 3.05) is 26.2 Å². The van der Waals surface area contributed by atoms with Gasteiger partial charge in [0, 0.05) is 74.9 Å². The van der Waals surface area contributed by atoms with Gasteiger partial charge < -0.3 is 9.80 Å². The van der Waals surface area contributed by atoms with Crippen molar-refractivity contribution in [1.29, 1.82) is 0 Å². The number of piperazine rings is 1. The zero-order valence-corrected chi connectivity index (χ0v) is 21.6. The lowest BCUT2D eigenvalue weighted by Gasteiger charge is -2.34. The van der Waals surface area contributed by atoms with Crippen molar-refractivity contribution in [2.45, 2.75) is 12.8 Å². The van der Waals surface area contributed by atoms with Gasteiger partial charge in [-0.1, -0.05) is 12.1 Å². The number of aliphatic imine (C=N–C) groups is 2. The fourth-order valence-corrected chi connectivity index (χ4v) is 5.22. The Labute approximate surface area is 230 Å². The normalized spacial score (nSPS) is 15.8. The highest BCUT2D eigenvalue weighted by molar-refractivity contribution is 6.06. The van der Waals surface area contributed by atoms with Crippen LogP contribution in [-0.2, 0) is 12.8 Å². The number of pyridine rings is 4. The zero-order valence-electron chi connectivity index (χ0n) is 21.6. The molecule has 4 aromatic heterocycles. The predicted molar refractivity (Wildman–Crippen MR) is 149 cm³/mol. The average molecular weight is 529 g/mol. The van der Waals surface area contributed by atoms with Gasteiger partial charge in [0.1, 0.15) is 11.4 Å². The van der Waals surface area contributed by atoms with Crippen LogP contribution in [0.4, 0.5) is 11.4 Å². The fraction of sp³-hybridized carbons (Fsp3) is 0.200. The molecule has 10 heteroatoms. The molecule has 0 bridgehead atoms. The minimum Gasteiger partial charge on any atom is -0.334 e. The number of amides is 2. The molecule has 0 radical (unpaired) electrons. The van der Waals surface area contributed by atoms with Crippen molar-refractivity contribution in [2.24, 2.45) is 9.98 Å². The van der Waals surface area contributed by atoms with Gasteiger partial charge >= 0.3 is 0 Å². The topological polar surface area (TPSA) is 117 Å². The van der Waals surface area contributed by atoms with E-state index >= 15 is 0 Å². The number of rotatable bonds is 4. The molecule has 0 unspecified atom stereocenters. The molecular weight excluding hydrogens is 504 g/mol. The molecule has 0 saturated carbocycles. The van der Waals surface area contributed by atoms with Crippen LogP contribution in [0.5, 0.6) is 0 Å². The standard InChI is InChI=1S/C30H24N8O2/c39-29(25-5-1-3-23(35-25)27-15-19-17-31-9-7-21(19)33-27)37-11-13-38(14-12-37)30(40)26-6-2-4-24(36-26)28-16-20-18-32-10-8-22(20)34-28/h1-10,17-18H,11-16H2. The number of hydrogen-bond donors (Lipinski definition) is 0. The zero-order chi connectivity index (χ0) is 27.1. The van der Waals surface area contributed by atoms with Crippen LogP contribution in [0.2, 0.25) is 0 Å². The quantitative estimate of drug-likeness (QED) is 0.402. The van der Waals surface area contributed by atoms with Crippen molar-refractivity contribution in [3.05, 3.63) is 107 Å². The highest BCUT2D eigenvalue weighted by Gasteiger charge is 2.28. The summed E-state index contributed by atoms with van der Waals surface area (Å²) in [7, 11) is 0. The number of hydrogen-bond acceptors (Lipinski definition) is 8. The smallest absolute Gasteiger partial charge is 0.272 e. The third-order valence-corrected chi connectivity index (χ3v) is 7.36. The van der Waals surface area contributed by atoms with Gasteiger partial charge in [0.05, 0.1) is 34.2 Å². The van der Waals surface area contributed by atoms with Gasteiger partial charge in [-0.3, -0.25) is 29.5 Å². The Morgan fingerprint density at radius 2 is 1.05 bits per heavy atom. The Bertz CT molecular complexity index is 1600. The van der Waals surface area contributed by atoms with E-state index in [1.807, 2.05) is 48.8 Å². The van der Waals surface area contributed by atoms with Gasteiger partial charge in [-0.2, -0.15) is 0 Å². The first-order chi connectivity index (χ1) is 19.6. The Morgan fingerprint density at radius 1 is 0.600 bits per heavy atom. The number of carbonyl (C=O) groups excluding carboxylic acids is 2. The summed E-state index contributed by atoms with van der Waals surface area (Å²) in [5, 5.41) is 0. The molecule has 196 valence electrons. The van der Waals surface area contributed by atoms with Crippen LogP contribution < -0.4 is 0 Å². The molecule has 0 aromatic carbocycles. The van der Waals surface area contributed by atoms with Crippen molar-refractivity contribution in [3.8, 4) is 0 Å². The van der Waals surface area contributed by atoms with Crippen LogP contribution in [0.3, 0.4) is 0 Å². The van der Waals surface area contributed by atoms with Crippen molar-refractivity contribution in [3.63, 3.8) is 0 Å². The number of carbonyl (C=O) groups is 2. The molecule has 3 aliphatic heterocycles. The molecule has 10 nitrogen and oxygen atoms in total. The van der Waals surface area contributed by atoms with Crippen LogP contribution in [0.1, 0.15) is 43.5 Å². The highest BCUT2D eigenvalue weighted by atomic mass is 16.2. The summed E-state index contributed by atoms with van der Waals surface area (Å²) in [5.41, 5.74) is 7.66. The minimum absolute atomic E-state index is 0.153. The fourth-order valence-electron chi connectivity index (χ4n) is 5.22. The molecule has 40 heavy (non-hydrogen) atoms. The Morgan fingerprint density at radius 3 is 1.48 bits per heavy atom. The van der Waals surface area contributed by atoms with E-state index in [1.165, 1.54) is 0 Å². The summed E-state index contributed by atoms with van der Waals surface area (Å²) in [4.78, 5) is 57.0. The first-order valence-electron chi connectivity index (χ1n) is 13.2. The van der Waals surface area contributed by atoms with Gasteiger partial charge in [0.15, 0.2) is 0 Å². The number of aromatic nitrogens is 4. The summed E-state index contributed by atoms with van der Waals surface area (Å²) >= 11 is 0. The molecule has 0 atom stereocenters. The third kappa shape index (κ3) is 4.43. The summed E-state index contributed by atoms with van der Waals surface area (Å²) < 4.78 is 0. The second kappa shape index (κ2) is 9.88. The van der Waals surface area contributed by atoms with Gasteiger partial charge in [0.25, 0.3) is 11.8 Å². The van der Waals surface area contributed by atoms with Gasteiger partial charge in [-0.15, -0.1) is 0 Å². The summed E-state index contributed by atoms with van der Waals surface area (Å²) in [6.07, 6.45) is 8.34. The SMILES string of the molecule is O=C(c1cccc(C2=Nc3ccncc3C2)n1)N1CCN(C(=O)c2cccc(C3=Nc4ccncc4C3)n2)CC1. The van der Waals surface area contributed by atoms with E-state index in [1.54, 1.807) is 34.3 Å². The first kappa shape index (κ1) is 24.0. The van der Waals surface area contributed by atoms with E-state index < -0.39 is 0 Å². The van der Waals surface area contributed by atoms with E-state index in [4.69, 9.17) is 0 Å². The van der Waals surface area contributed by atoms with Gasteiger partial charge in [-0.05, 0) is 36.4 Å². The number of nitrogens with zero attached hydrogens (tertiary/aromatic N) is 8. The van der Waals surface area contributed by atoms with Gasteiger partial charge in [-0.25, -0.2) is 9.97 Å². The molecular formula is C30H24N8O2. The first-order valence-corrected chi connectivity index (χ1v) is 13.2. The second-order valence-electron chi connectivity index (χ2n) is 9.88. The Kier molecular flexibility index (Phi) is 5.92. The van der Waals surface area contributed by atoms with Crippen LogP contribution in [0, 0.1) is 0 Å². The van der Waals surface area contributed by atoms with Crippen molar-refractivity contribution in [1.82, 2.24) is 29.7 Å². The van der Waals surface area contributed by atoms with E-state index in [2.05, 4.69) is 29.9 Å². The third-order valence-electron chi connectivity index (χ3n) is 7.36. The Hall–Kier alpha value is -5.12. The molecule has 0 aliphatic carbocycles. The molecule has 3 aliphatic rings. The summed E-state index contributed by atoms with van der Waals surface area (Å²) in [6, 6.07) is 14.6. The summed E-state index contributed by atoms with van der Waals surface area (Å²) in [5.74, 6) is -0.305. The molecule has 4 aromatic rings. The Balaban J connectivity index is 1.00. The van der Waals surface area contributed by atoms with Crippen LogP contribution >= 0.6 is 0 Å². The number of fused-ring (bicyclic) bond motifs is 2. The molecule has 7 heterocycles. The lowest BCUT2D eigenvalue weighted by molar-refractivity contribution is 0.0529. The van der Waals surface area contributed by atoms with Crippen molar-refractivity contribution < 1.29 is 9.59 Å². The maximum atomic E-state index is 13.3. The molecule has 1 fully saturated rings. The molecule has 2 amide bonds. The van der Waals surface area contributed by atoms with Crippen LogP contribution in [0.25, 0.3) is 0 Å². The predicted octanol–water partition coefficient (Wildman–Crippen LogP) is 3.22. The lowest BCUT2D eigenvalue weighted by atomic mass is 10.1. The molecule has 0 N–H and O–H groups in total. The molecule has 7 rings (SSSR count). The van der Waals surface area contributed by atoms with E-state index in [0.29, 0.717) is 61.8 Å². The monoisotopic (exact) mass is 528 g/mol. The lowest BCUT2D eigenvalue weighted by Crippen LogP contribution is -2.51. The van der Waals surface area contributed by atoms with Gasteiger partial charge in [0.2, 0.25) is 0 Å². The van der Waals surface area contributed by atoms with Crippen LogP contribution in [-0.4, -0.2) is 79.2 Å². The average Bonchev–Trinajstić information content (AvgIpc) is 3.65. The van der Waals surface area contributed by atoms with Crippen LogP contribution in [0.15, 0.2) is 83.3 Å². The summed E-state index contributed by atoms with van der Waals surface area (Å²) in [6.45, 7) is 1.68. The highest BCUT2D eigenvalue weighted by Crippen LogP contribution is 2.28. The van der Waals surface area contributed by atoms with E-state index in [9.17, 15) is 9.59 Å². The minimum atomic E-state index is -0.153. The maximum Gasteiger partial charge on any atom is 0.272 e. The van der Waals surface area contributed by atoms with E-state index in [-0.39, 0.29) is 11.8 Å². The van der Waals surface area contributed by atoms with Crippen molar-refractivity contribution >= 4 is 34.6 Å². The largest absolute Gasteiger partial charge is 0.334 e. The molecule has 0 spiro atoms. The van der Waals surface area contributed by atoms with E-state index in [0.717, 1.165) is 33.9 Å². The maximum absolute atomic E-state index is 13.3. The second-order valence-corrected chi connectivity index (χ2v) is 9.88. The molecule has 1 saturated heterocycles.